The van der Waals surface area contributed by atoms with Gasteiger partial charge in [0.15, 0.2) is 0 Å². The van der Waals surface area contributed by atoms with E-state index < -0.39 is 0 Å². The van der Waals surface area contributed by atoms with Crippen molar-refractivity contribution >= 4 is 17.7 Å². The van der Waals surface area contributed by atoms with Gasteiger partial charge in [0.2, 0.25) is 5.91 Å². The largest absolute Gasteiger partial charge is 0.338 e. The highest BCUT2D eigenvalue weighted by atomic mass is 32.2. The lowest BCUT2D eigenvalue weighted by Gasteiger charge is -2.35. The third-order valence-electron chi connectivity index (χ3n) is 3.78. The lowest BCUT2D eigenvalue weighted by atomic mass is 10.2. The van der Waals surface area contributed by atoms with Crippen LogP contribution < -0.4 is 0 Å². The van der Waals surface area contributed by atoms with Crippen molar-refractivity contribution in [1.29, 1.82) is 0 Å². The highest BCUT2D eigenvalue weighted by Gasteiger charge is 2.25. The number of piperazine rings is 1. The number of thioether (sulfide) groups is 1. The van der Waals surface area contributed by atoms with Crippen LogP contribution in [0, 0.1) is 6.92 Å². The Labute approximate surface area is 125 Å². The number of carbonyl (C=O) groups is 1. The minimum atomic E-state index is -0.207. The van der Waals surface area contributed by atoms with Gasteiger partial charge >= 0.3 is 0 Å². The number of aromatic nitrogens is 2. The Morgan fingerprint density at radius 2 is 2.10 bits per heavy atom. The number of rotatable bonds is 5. The van der Waals surface area contributed by atoms with Crippen LogP contribution in [0.5, 0.6) is 0 Å². The Morgan fingerprint density at radius 3 is 2.65 bits per heavy atom. The predicted molar refractivity (Wildman–Crippen MR) is 83.1 cm³/mol. The fourth-order valence-corrected chi connectivity index (χ4v) is 2.88. The molecule has 20 heavy (non-hydrogen) atoms. The second kappa shape index (κ2) is 7.13. The molecule has 1 aliphatic rings. The molecule has 112 valence electrons. The summed E-state index contributed by atoms with van der Waals surface area (Å²) in [5.74, 6) is 1.34. The second-order valence-electron chi connectivity index (χ2n) is 5.33. The van der Waals surface area contributed by atoms with Crippen LogP contribution in [-0.2, 0) is 4.79 Å². The van der Waals surface area contributed by atoms with Crippen LogP contribution in [0.3, 0.4) is 0 Å². The summed E-state index contributed by atoms with van der Waals surface area (Å²) in [5, 5.41) is 4.24. The summed E-state index contributed by atoms with van der Waals surface area (Å²) in [6, 6.07) is -0.207. The minimum Gasteiger partial charge on any atom is -0.338 e. The van der Waals surface area contributed by atoms with Gasteiger partial charge in [-0.2, -0.15) is 16.9 Å². The fourth-order valence-electron chi connectivity index (χ4n) is 2.43. The summed E-state index contributed by atoms with van der Waals surface area (Å²) >= 11 is 1.87. The second-order valence-corrected chi connectivity index (χ2v) is 6.32. The van der Waals surface area contributed by atoms with Gasteiger partial charge < -0.3 is 4.90 Å². The summed E-state index contributed by atoms with van der Waals surface area (Å²) in [4.78, 5) is 16.9. The molecule has 1 aliphatic heterocycles. The molecule has 0 N–H and O–H groups in total. The lowest BCUT2D eigenvalue weighted by Crippen LogP contribution is -2.50. The van der Waals surface area contributed by atoms with Gasteiger partial charge in [-0.25, -0.2) is 0 Å². The van der Waals surface area contributed by atoms with Crippen molar-refractivity contribution in [2.24, 2.45) is 0 Å². The van der Waals surface area contributed by atoms with Gasteiger partial charge in [-0.15, -0.1) is 0 Å². The van der Waals surface area contributed by atoms with Crippen LogP contribution in [0.4, 0.5) is 0 Å². The molecule has 1 atom stereocenters. The molecule has 0 bridgehead atoms. The van der Waals surface area contributed by atoms with Gasteiger partial charge in [0.25, 0.3) is 0 Å². The van der Waals surface area contributed by atoms with E-state index in [0.717, 1.165) is 44.0 Å². The molecule has 5 nitrogen and oxygen atoms in total. The smallest absolute Gasteiger partial charge is 0.247 e. The molecular weight excluding hydrogens is 272 g/mol. The van der Waals surface area contributed by atoms with E-state index in [1.165, 1.54) is 0 Å². The van der Waals surface area contributed by atoms with Crippen LogP contribution in [0.15, 0.2) is 12.4 Å². The zero-order valence-corrected chi connectivity index (χ0v) is 13.4. The zero-order chi connectivity index (χ0) is 14.5. The molecule has 0 saturated carbocycles. The number of hydrogen-bond acceptors (Lipinski definition) is 4. The Bertz CT molecular complexity index is 440. The first-order valence-electron chi connectivity index (χ1n) is 7.12. The number of aryl methyl sites for hydroxylation is 1. The third-order valence-corrected chi connectivity index (χ3v) is 4.37. The summed E-state index contributed by atoms with van der Waals surface area (Å²) < 4.78 is 1.76. The Morgan fingerprint density at radius 1 is 1.40 bits per heavy atom. The average molecular weight is 296 g/mol. The predicted octanol–water partition coefficient (Wildman–Crippen LogP) is 1.26. The maximum atomic E-state index is 12.5. The molecule has 1 fully saturated rings. The standard InChI is InChI=1S/C14H24N4OS/c1-12-10-15-18(11-12)13(2)14(19)17-6-4-16(5-7-17)8-9-20-3/h10-11,13H,4-9H2,1-3H3/t13-/m1/s1. The summed E-state index contributed by atoms with van der Waals surface area (Å²) in [6.07, 6.45) is 5.86. The Hall–Kier alpha value is -1.01. The topological polar surface area (TPSA) is 41.4 Å². The first-order chi connectivity index (χ1) is 9.61. The average Bonchev–Trinajstić information content (AvgIpc) is 2.90. The van der Waals surface area contributed by atoms with Gasteiger partial charge in [0.05, 0.1) is 6.20 Å². The summed E-state index contributed by atoms with van der Waals surface area (Å²) in [5.41, 5.74) is 1.09. The number of carbonyl (C=O) groups excluding carboxylic acids is 1. The van der Waals surface area contributed by atoms with Crippen molar-refractivity contribution in [2.45, 2.75) is 19.9 Å². The molecule has 2 rings (SSSR count). The normalized spacial score (nSPS) is 18.2. The molecule has 0 spiro atoms. The molecule has 1 saturated heterocycles. The van der Waals surface area contributed by atoms with E-state index in [9.17, 15) is 4.79 Å². The van der Waals surface area contributed by atoms with Crippen LogP contribution in [0.2, 0.25) is 0 Å². The molecule has 0 aromatic carbocycles. The monoisotopic (exact) mass is 296 g/mol. The number of nitrogens with zero attached hydrogens (tertiary/aromatic N) is 4. The first kappa shape index (κ1) is 15.4. The summed E-state index contributed by atoms with van der Waals surface area (Å²) in [6.45, 7) is 8.67. The van der Waals surface area contributed by atoms with Crippen molar-refractivity contribution in [3.63, 3.8) is 0 Å². The maximum absolute atomic E-state index is 12.5. The maximum Gasteiger partial charge on any atom is 0.247 e. The zero-order valence-electron chi connectivity index (χ0n) is 12.6. The van der Waals surface area contributed by atoms with Crippen molar-refractivity contribution in [3.05, 3.63) is 18.0 Å². The van der Waals surface area contributed by atoms with Crippen LogP contribution in [0.25, 0.3) is 0 Å². The molecule has 1 aromatic heterocycles. The van der Waals surface area contributed by atoms with Gasteiger partial charge in [0, 0.05) is 44.7 Å². The van der Waals surface area contributed by atoms with Gasteiger partial charge in [-0.1, -0.05) is 0 Å². The molecule has 1 aromatic rings. The first-order valence-corrected chi connectivity index (χ1v) is 8.52. The third kappa shape index (κ3) is 3.76. The van der Waals surface area contributed by atoms with Gasteiger partial charge in [0.1, 0.15) is 6.04 Å². The molecule has 6 heteroatoms. The van der Waals surface area contributed by atoms with Gasteiger partial charge in [-0.3, -0.25) is 14.4 Å². The highest BCUT2D eigenvalue weighted by Crippen LogP contribution is 2.12. The van der Waals surface area contributed by atoms with E-state index in [2.05, 4.69) is 16.3 Å². The number of amides is 1. The highest BCUT2D eigenvalue weighted by molar-refractivity contribution is 7.98. The molecule has 0 unspecified atom stereocenters. The lowest BCUT2D eigenvalue weighted by molar-refractivity contribution is -0.136. The van der Waals surface area contributed by atoms with E-state index in [0.29, 0.717) is 0 Å². The molecule has 2 heterocycles. The van der Waals surface area contributed by atoms with E-state index >= 15 is 0 Å². The fraction of sp³-hybridized carbons (Fsp3) is 0.714. The van der Waals surface area contributed by atoms with Gasteiger partial charge in [-0.05, 0) is 25.7 Å². The van der Waals surface area contributed by atoms with E-state index in [4.69, 9.17) is 0 Å². The van der Waals surface area contributed by atoms with Crippen LogP contribution >= 0.6 is 11.8 Å². The SMILES string of the molecule is CSCCN1CCN(C(=O)[C@@H](C)n2cc(C)cn2)CC1. The van der Waals surface area contributed by atoms with Crippen molar-refractivity contribution in [3.8, 4) is 0 Å². The number of hydrogen-bond donors (Lipinski definition) is 0. The van der Waals surface area contributed by atoms with Crippen molar-refractivity contribution in [1.82, 2.24) is 19.6 Å². The molecule has 0 aliphatic carbocycles. The van der Waals surface area contributed by atoms with Crippen LogP contribution in [0.1, 0.15) is 18.5 Å². The Balaban J connectivity index is 1.85. The van der Waals surface area contributed by atoms with Crippen LogP contribution in [-0.4, -0.2) is 70.2 Å². The quantitative estimate of drug-likeness (QED) is 0.820. The van der Waals surface area contributed by atoms with Crippen molar-refractivity contribution < 1.29 is 4.79 Å². The van der Waals surface area contributed by atoms with E-state index in [1.807, 2.05) is 36.7 Å². The minimum absolute atomic E-state index is 0.178. The molecule has 0 radical (unpaired) electrons. The molecular formula is C14H24N4OS. The van der Waals surface area contributed by atoms with E-state index in [-0.39, 0.29) is 11.9 Å². The van der Waals surface area contributed by atoms with E-state index in [1.54, 1.807) is 10.9 Å². The van der Waals surface area contributed by atoms with Crippen molar-refractivity contribution in [2.75, 3.05) is 44.7 Å². The molecule has 1 amide bonds. The Kier molecular flexibility index (Phi) is 5.48. The summed E-state index contributed by atoms with van der Waals surface area (Å²) in [7, 11) is 0.